The molecule has 0 unspecified atom stereocenters. The molecule has 0 aromatic heterocycles. The van der Waals surface area contributed by atoms with Crippen LogP contribution in [0.2, 0.25) is 0 Å². The van der Waals surface area contributed by atoms with E-state index in [0.29, 0.717) is 0 Å². The molecule has 2 heterocycles. The van der Waals surface area contributed by atoms with Gasteiger partial charge in [0.05, 0.1) is 5.69 Å². The topological polar surface area (TPSA) is 6.48 Å². The highest BCUT2D eigenvalue weighted by Crippen LogP contribution is 2.55. The van der Waals surface area contributed by atoms with Crippen LogP contribution in [-0.4, -0.2) is 6.71 Å². The van der Waals surface area contributed by atoms with Crippen LogP contribution in [0.25, 0.3) is 22.3 Å². The smallest absolute Gasteiger partial charge is 0.252 e. The molecule has 0 saturated heterocycles. The van der Waals surface area contributed by atoms with Crippen LogP contribution in [0.5, 0.6) is 0 Å². The van der Waals surface area contributed by atoms with Crippen LogP contribution in [0.3, 0.4) is 0 Å². The van der Waals surface area contributed by atoms with E-state index < -0.39 is 0 Å². The van der Waals surface area contributed by atoms with E-state index in [2.05, 4.69) is 247 Å². The quantitative estimate of drug-likeness (QED) is 0.162. The summed E-state index contributed by atoms with van der Waals surface area (Å²) >= 11 is 0. The summed E-state index contributed by atoms with van der Waals surface area (Å²) in [6.07, 6.45) is 4.71. The number of rotatable bonds is 4. The summed E-state index contributed by atoms with van der Waals surface area (Å²) in [5.41, 5.74) is 26.9. The third kappa shape index (κ3) is 7.34. The van der Waals surface area contributed by atoms with Crippen LogP contribution in [0, 0.1) is 6.92 Å². The Kier molecular flexibility index (Phi) is 10.4. The first-order valence-electron chi connectivity index (χ1n) is 26.4. The summed E-state index contributed by atoms with van der Waals surface area (Å²) in [4.78, 5) is 5.41. The molecule has 0 amide bonds. The van der Waals surface area contributed by atoms with Gasteiger partial charge in [-0.05, 0) is 180 Å². The molecule has 0 saturated carbocycles. The van der Waals surface area contributed by atoms with E-state index in [1.54, 1.807) is 0 Å². The predicted octanol–water partition coefficient (Wildman–Crippen LogP) is 16.7. The molecule has 356 valence electrons. The summed E-state index contributed by atoms with van der Waals surface area (Å²) in [5, 5.41) is 0. The van der Waals surface area contributed by atoms with Crippen LogP contribution in [0.1, 0.15) is 162 Å². The Balaban J connectivity index is 1.31. The molecule has 0 N–H and O–H groups in total. The van der Waals surface area contributed by atoms with E-state index in [0.717, 1.165) is 0 Å². The highest BCUT2D eigenvalue weighted by molar-refractivity contribution is 7.00. The van der Waals surface area contributed by atoms with Crippen LogP contribution in [0.4, 0.5) is 34.1 Å². The Bertz CT molecular complexity index is 3180. The van der Waals surface area contributed by atoms with Gasteiger partial charge < -0.3 is 9.80 Å². The number of anilines is 6. The van der Waals surface area contributed by atoms with E-state index in [-0.39, 0.29) is 39.2 Å². The Labute approximate surface area is 421 Å². The SMILES string of the molecule is Cc1cc2c3c(c1)N(c1c(-c4ccccc4)cc(C(C)(C)C)cc1-c1ccccc1)c1ccc(C(C)(C)C)cc1B3c1cc3c(cc1N2c1ccc2c(c1)C(C)(C)CCC2(C)C)C(C)(C)CCC3(C)C. The minimum atomic E-state index is -0.0784. The third-order valence-electron chi connectivity index (χ3n) is 17.5. The zero-order valence-electron chi connectivity index (χ0n) is 45.0. The molecule has 7 aromatic rings. The van der Waals surface area contributed by atoms with Crippen molar-refractivity contribution < 1.29 is 0 Å². The fourth-order valence-corrected chi connectivity index (χ4v) is 12.9. The maximum atomic E-state index is 2.71. The number of benzene rings is 7. The lowest BCUT2D eigenvalue weighted by Crippen LogP contribution is -2.62. The largest absolute Gasteiger partial charge is 0.311 e. The van der Waals surface area contributed by atoms with Crippen molar-refractivity contribution in [3.63, 3.8) is 0 Å². The molecule has 0 bridgehead atoms. The maximum absolute atomic E-state index is 2.71. The van der Waals surface area contributed by atoms with Crippen molar-refractivity contribution in [2.24, 2.45) is 0 Å². The van der Waals surface area contributed by atoms with Crippen LogP contribution < -0.4 is 26.2 Å². The van der Waals surface area contributed by atoms with Crippen LogP contribution in [0.15, 0.2) is 133 Å². The van der Waals surface area contributed by atoms with Crippen molar-refractivity contribution in [1.29, 1.82) is 0 Å². The predicted molar refractivity (Wildman–Crippen MR) is 304 cm³/mol. The monoisotopic (exact) mass is 919 g/mol. The molecule has 11 rings (SSSR count). The number of nitrogens with zero attached hydrogens (tertiary/aromatic N) is 2. The van der Waals surface area contributed by atoms with Crippen molar-refractivity contribution in [2.45, 2.75) is 162 Å². The van der Waals surface area contributed by atoms with Crippen molar-refractivity contribution in [1.82, 2.24) is 0 Å². The minimum Gasteiger partial charge on any atom is -0.311 e. The van der Waals surface area contributed by atoms with Gasteiger partial charge in [0.15, 0.2) is 0 Å². The van der Waals surface area contributed by atoms with E-state index in [1.165, 1.54) is 137 Å². The lowest BCUT2D eigenvalue weighted by Gasteiger charge is -2.48. The number of fused-ring (bicyclic) bond motifs is 6. The normalized spacial score (nSPS) is 18.1. The summed E-state index contributed by atoms with van der Waals surface area (Å²) in [6.45, 7) is 36.4. The maximum Gasteiger partial charge on any atom is 0.252 e. The minimum absolute atomic E-state index is 0.0127. The highest BCUT2D eigenvalue weighted by atomic mass is 15.2. The first-order valence-corrected chi connectivity index (χ1v) is 26.4. The van der Waals surface area contributed by atoms with E-state index in [4.69, 9.17) is 0 Å². The third-order valence-corrected chi connectivity index (χ3v) is 17.5. The molecule has 70 heavy (non-hydrogen) atoms. The number of hydrogen-bond acceptors (Lipinski definition) is 2. The second-order valence-electron chi connectivity index (χ2n) is 26.5. The van der Waals surface area contributed by atoms with Crippen molar-refractivity contribution in [3.05, 3.63) is 172 Å². The zero-order chi connectivity index (χ0) is 49.7. The van der Waals surface area contributed by atoms with Crippen LogP contribution >= 0.6 is 0 Å². The fraction of sp³-hybridized carbons (Fsp3) is 0.373. The second kappa shape index (κ2) is 15.6. The molecular formula is C67H75BN2. The fourth-order valence-electron chi connectivity index (χ4n) is 12.9. The Morgan fingerprint density at radius 1 is 0.414 bits per heavy atom. The van der Waals surface area contributed by atoms with Gasteiger partial charge in [0.1, 0.15) is 0 Å². The van der Waals surface area contributed by atoms with Gasteiger partial charge in [-0.25, -0.2) is 0 Å². The molecular weight excluding hydrogens is 844 g/mol. The molecule has 0 radical (unpaired) electrons. The van der Waals surface area contributed by atoms with E-state index >= 15 is 0 Å². The van der Waals surface area contributed by atoms with Crippen molar-refractivity contribution in [2.75, 3.05) is 9.80 Å². The summed E-state index contributed by atoms with van der Waals surface area (Å²) in [5.74, 6) is 0. The number of hydrogen-bond donors (Lipinski definition) is 0. The number of aryl methyl sites for hydroxylation is 1. The van der Waals surface area contributed by atoms with Gasteiger partial charge in [0.2, 0.25) is 0 Å². The van der Waals surface area contributed by atoms with Gasteiger partial charge in [0, 0.05) is 39.6 Å². The molecule has 3 heteroatoms. The average molecular weight is 919 g/mol. The lowest BCUT2D eigenvalue weighted by molar-refractivity contribution is 0.332. The Morgan fingerprint density at radius 3 is 1.41 bits per heavy atom. The highest BCUT2D eigenvalue weighted by Gasteiger charge is 2.48. The lowest BCUT2D eigenvalue weighted by atomic mass is 9.33. The van der Waals surface area contributed by atoms with Crippen molar-refractivity contribution in [3.8, 4) is 22.3 Å². The molecule has 2 aliphatic heterocycles. The Morgan fingerprint density at radius 2 is 0.886 bits per heavy atom. The summed E-state index contributed by atoms with van der Waals surface area (Å²) < 4.78 is 0. The van der Waals surface area contributed by atoms with E-state index in [9.17, 15) is 0 Å². The molecule has 2 aliphatic carbocycles. The molecule has 2 nitrogen and oxygen atoms in total. The molecule has 0 spiro atoms. The summed E-state index contributed by atoms with van der Waals surface area (Å²) in [7, 11) is 0. The van der Waals surface area contributed by atoms with Gasteiger partial charge in [-0.15, -0.1) is 0 Å². The van der Waals surface area contributed by atoms with Gasteiger partial charge in [0.25, 0.3) is 6.71 Å². The van der Waals surface area contributed by atoms with Crippen molar-refractivity contribution >= 4 is 57.2 Å². The molecule has 0 atom stereocenters. The molecule has 0 fully saturated rings. The Hall–Kier alpha value is -5.80. The second-order valence-corrected chi connectivity index (χ2v) is 26.5. The van der Waals surface area contributed by atoms with E-state index in [1.807, 2.05) is 0 Å². The first kappa shape index (κ1) is 46.6. The van der Waals surface area contributed by atoms with Gasteiger partial charge in [-0.2, -0.15) is 0 Å². The van der Waals surface area contributed by atoms with Gasteiger partial charge in [-0.1, -0.05) is 182 Å². The average Bonchev–Trinajstić information content (AvgIpc) is 3.31. The molecule has 7 aromatic carbocycles. The van der Waals surface area contributed by atoms with Gasteiger partial charge in [-0.3, -0.25) is 0 Å². The zero-order valence-corrected chi connectivity index (χ0v) is 45.0. The van der Waals surface area contributed by atoms with Gasteiger partial charge >= 0.3 is 0 Å². The molecule has 4 aliphatic rings. The van der Waals surface area contributed by atoms with Crippen LogP contribution in [-0.2, 0) is 32.5 Å². The first-order chi connectivity index (χ1) is 32.9. The standard InChI is InChI=1S/C67H75BN2/c1-42-34-58-60-59(35-42)70(61-48(43-22-18-16-19-23-43)36-46(63(5,6)7)37-49(61)44-24-20-17-21-25-44)56-29-26-45(62(2,3)4)38-54(56)68(60)55-40-52-53(67(14,15)33-32-66(52,12)13)41-57(55)69(58)47-27-28-50-51(39-47)65(10,11)31-30-64(50,8)9/h16-29,34-41H,30-33H2,1-15H3. The summed E-state index contributed by atoms with van der Waals surface area (Å²) in [6, 6.07) is 52.8.